The summed E-state index contributed by atoms with van der Waals surface area (Å²) >= 11 is 0. The van der Waals surface area contributed by atoms with Gasteiger partial charge in [-0.15, -0.1) is 0 Å². The molecule has 0 fully saturated rings. The van der Waals surface area contributed by atoms with Gasteiger partial charge in [0, 0.05) is 6.08 Å². The van der Waals surface area contributed by atoms with Crippen molar-refractivity contribution in [3.63, 3.8) is 0 Å². The highest BCUT2D eigenvalue weighted by atomic mass is 16.5. The van der Waals surface area contributed by atoms with Crippen LogP contribution in [0.1, 0.15) is 20.3 Å². The number of allylic oxidation sites excluding steroid dienone is 3. The number of esters is 1. The Balaban J connectivity index is 4.00. The Morgan fingerprint density at radius 2 is 2.18 bits per heavy atom. The Morgan fingerprint density at radius 3 is 2.64 bits per heavy atom. The van der Waals surface area contributed by atoms with Crippen LogP contribution >= 0.6 is 0 Å². The number of hydrogen-bond acceptors (Lipinski definition) is 2. The van der Waals surface area contributed by atoms with Crippen LogP contribution < -0.4 is 0 Å². The van der Waals surface area contributed by atoms with Gasteiger partial charge in [-0.25, -0.2) is 4.79 Å². The summed E-state index contributed by atoms with van der Waals surface area (Å²) in [7, 11) is 1.37. The number of ether oxygens (including phenoxy) is 1. The Hall–Kier alpha value is -1.05. The van der Waals surface area contributed by atoms with Crippen LogP contribution in [-0.4, -0.2) is 13.1 Å². The van der Waals surface area contributed by atoms with Gasteiger partial charge in [0.2, 0.25) is 0 Å². The second-order valence-corrected chi connectivity index (χ2v) is 2.22. The Kier molecular flexibility index (Phi) is 5.17. The number of rotatable bonds is 3. The summed E-state index contributed by atoms with van der Waals surface area (Å²) in [5, 5.41) is 0. The van der Waals surface area contributed by atoms with E-state index in [0.29, 0.717) is 0 Å². The molecule has 0 radical (unpaired) electrons. The lowest BCUT2D eigenvalue weighted by Gasteiger charge is -1.91. The average Bonchev–Trinajstić information content (AvgIpc) is 2.00. The molecule has 62 valence electrons. The van der Waals surface area contributed by atoms with E-state index in [1.807, 2.05) is 26.0 Å². The molecule has 0 aromatic rings. The number of carbonyl (C=O) groups excluding carboxylic acids is 1. The zero-order chi connectivity index (χ0) is 8.69. The molecule has 2 heteroatoms. The maximum atomic E-state index is 10.7. The van der Waals surface area contributed by atoms with Crippen LogP contribution in [0.2, 0.25) is 0 Å². The molecule has 11 heavy (non-hydrogen) atoms. The molecule has 0 aromatic heterocycles. The van der Waals surface area contributed by atoms with Crippen molar-refractivity contribution in [2.75, 3.05) is 7.11 Å². The van der Waals surface area contributed by atoms with Crippen molar-refractivity contribution in [1.29, 1.82) is 0 Å². The Labute approximate surface area is 67.6 Å². The zero-order valence-corrected chi connectivity index (χ0v) is 7.26. The third-order valence-electron chi connectivity index (χ3n) is 1.16. The topological polar surface area (TPSA) is 26.3 Å². The van der Waals surface area contributed by atoms with E-state index in [0.717, 1.165) is 12.0 Å². The van der Waals surface area contributed by atoms with E-state index < -0.39 is 0 Å². The highest BCUT2D eigenvalue weighted by Gasteiger charge is 1.91. The molecule has 0 unspecified atom stereocenters. The monoisotopic (exact) mass is 154 g/mol. The van der Waals surface area contributed by atoms with Crippen molar-refractivity contribution in [3.8, 4) is 0 Å². The van der Waals surface area contributed by atoms with Gasteiger partial charge in [0.1, 0.15) is 0 Å². The minimum atomic E-state index is -0.303. The summed E-state index contributed by atoms with van der Waals surface area (Å²) in [6, 6.07) is 0. The molecular weight excluding hydrogens is 140 g/mol. The summed E-state index contributed by atoms with van der Waals surface area (Å²) < 4.78 is 4.45. The van der Waals surface area contributed by atoms with E-state index in [2.05, 4.69) is 4.74 Å². The van der Waals surface area contributed by atoms with Gasteiger partial charge in [-0.05, 0) is 18.9 Å². The van der Waals surface area contributed by atoms with Gasteiger partial charge >= 0.3 is 5.97 Å². The number of carbonyl (C=O) groups is 1. The molecule has 0 rings (SSSR count). The fourth-order valence-corrected chi connectivity index (χ4v) is 0.597. The molecular formula is C9H14O2. The highest BCUT2D eigenvalue weighted by Crippen LogP contribution is 1.96. The van der Waals surface area contributed by atoms with Crippen LogP contribution in [0.25, 0.3) is 0 Å². The Bertz CT molecular complexity index is 178. The van der Waals surface area contributed by atoms with Crippen molar-refractivity contribution in [2.24, 2.45) is 0 Å². The van der Waals surface area contributed by atoms with Gasteiger partial charge in [-0.3, -0.25) is 0 Å². The summed E-state index contributed by atoms with van der Waals surface area (Å²) in [6.07, 6.45) is 6.34. The summed E-state index contributed by atoms with van der Waals surface area (Å²) in [5.74, 6) is -0.303. The average molecular weight is 154 g/mol. The fourth-order valence-electron chi connectivity index (χ4n) is 0.597. The van der Waals surface area contributed by atoms with Crippen LogP contribution in [0.4, 0.5) is 0 Å². The van der Waals surface area contributed by atoms with Crippen LogP contribution in [0, 0.1) is 0 Å². The van der Waals surface area contributed by atoms with Crippen LogP contribution in [0.3, 0.4) is 0 Å². The summed E-state index contributed by atoms with van der Waals surface area (Å²) in [5.41, 5.74) is 0.915. The highest BCUT2D eigenvalue weighted by molar-refractivity contribution is 5.83. The van der Waals surface area contributed by atoms with E-state index in [9.17, 15) is 4.79 Å². The predicted octanol–water partition coefficient (Wildman–Crippen LogP) is 2.07. The second kappa shape index (κ2) is 5.71. The van der Waals surface area contributed by atoms with Crippen molar-refractivity contribution in [3.05, 3.63) is 23.8 Å². The molecule has 0 spiro atoms. The normalized spacial score (nSPS) is 12.1. The van der Waals surface area contributed by atoms with Gasteiger partial charge in [-0.2, -0.15) is 0 Å². The van der Waals surface area contributed by atoms with Gasteiger partial charge in [0.15, 0.2) is 0 Å². The molecule has 0 heterocycles. The predicted molar refractivity (Wildman–Crippen MR) is 45.2 cm³/mol. The van der Waals surface area contributed by atoms with E-state index in [1.165, 1.54) is 13.2 Å². The number of methoxy groups -OCH3 is 1. The third-order valence-corrected chi connectivity index (χ3v) is 1.16. The maximum absolute atomic E-state index is 10.7. The van der Waals surface area contributed by atoms with Crippen molar-refractivity contribution in [1.82, 2.24) is 0 Å². The molecule has 0 aliphatic rings. The Morgan fingerprint density at radius 1 is 1.55 bits per heavy atom. The quantitative estimate of drug-likeness (QED) is 0.353. The largest absolute Gasteiger partial charge is 0.466 e. The first-order valence-electron chi connectivity index (χ1n) is 3.63. The molecule has 0 aliphatic carbocycles. The third kappa shape index (κ3) is 5.40. The second-order valence-electron chi connectivity index (χ2n) is 2.22. The SMILES string of the molecule is CC/C=C/C(C)=C/C(=O)OC. The zero-order valence-electron chi connectivity index (χ0n) is 7.26. The summed E-state index contributed by atoms with van der Waals surface area (Å²) in [6.45, 7) is 3.91. The van der Waals surface area contributed by atoms with E-state index in [1.54, 1.807) is 0 Å². The minimum absolute atomic E-state index is 0.303. The molecule has 0 atom stereocenters. The van der Waals surface area contributed by atoms with Crippen molar-refractivity contribution < 1.29 is 9.53 Å². The van der Waals surface area contributed by atoms with Gasteiger partial charge < -0.3 is 4.74 Å². The minimum Gasteiger partial charge on any atom is -0.466 e. The molecule has 0 saturated heterocycles. The van der Waals surface area contributed by atoms with Crippen LogP contribution in [-0.2, 0) is 9.53 Å². The molecule has 0 aliphatic heterocycles. The molecule has 0 saturated carbocycles. The first-order valence-corrected chi connectivity index (χ1v) is 3.63. The van der Waals surface area contributed by atoms with E-state index >= 15 is 0 Å². The van der Waals surface area contributed by atoms with Crippen LogP contribution in [0.15, 0.2) is 23.8 Å². The molecule has 2 nitrogen and oxygen atoms in total. The van der Waals surface area contributed by atoms with E-state index in [4.69, 9.17) is 0 Å². The van der Waals surface area contributed by atoms with Gasteiger partial charge in [-0.1, -0.05) is 19.1 Å². The van der Waals surface area contributed by atoms with Gasteiger partial charge in [0.25, 0.3) is 0 Å². The summed E-state index contributed by atoms with van der Waals surface area (Å²) in [4.78, 5) is 10.7. The lowest BCUT2D eigenvalue weighted by molar-refractivity contribution is -0.134. The van der Waals surface area contributed by atoms with Crippen molar-refractivity contribution in [2.45, 2.75) is 20.3 Å². The fraction of sp³-hybridized carbons (Fsp3) is 0.444. The molecule has 0 amide bonds. The standard InChI is InChI=1S/C9H14O2/c1-4-5-6-8(2)7-9(10)11-3/h5-7H,4H2,1-3H3/b6-5+,8-7+. The number of hydrogen-bond donors (Lipinski definition) is 0. The maximum Gasteiger partial charge on any atom is 0.330 e. The molecule has 0 N–H and O–H groups in total. The first kappa shape index (κ1) is 9.95. The van der Waals surface area contributed by atoms with Gasteiger partial charge in [0.05, 0.1) is 7.11 Å². The lowest BCUT2D eigenvalue weighted by Crippen LogP contribution is -1.94. The smallest absolute Gasteiger partial charge is 0.330 e. The van der Waals surface area contributed by atoms with Crippen LogP contribution in [0.5, 0.6) is 0 Å². The van der Waals surface area contributed by atoms with Crippen molar-refractivity contribution >= 4 is 5.97 Å². The molecule has 0 aromatic carbocycles. The molecule has 0 bridgehead atoms. The van der Waals surface area contributed by atoms with E-state index in [-0.39, 0.29) is 5.97 Å². The lowest BCUT2D eigenvalue weighted by atomic mass is 10.2. The first-order chi connectivity index (χ1) is 5.20.